The van der Waals surface area contributed by atoms with Crippen molar-refractivity contribution >= 4 is 21.6 Å². The summed E-state index contributed by atoms with van der Waals surface area (Å²) >= 11 is 0. The topological polar surface area (TPSA) is 69.7 Å². The molecule has 2 heterocycles. The van der Waals surface area contributed by atoms with E-state index in [1.165, 1.54) is 29.3 Å². The van der Waals surface area contributed by atoms with Crippen LogP contribution in [0.2, 0.25) is 0 Å². The number of nitrogens with zero attached hydrogens (tertiary/aromatic N) is 2. The fraction of sp³-hybridized carbons (Fsp3) is 0.409. The number of carbonyl (C=O) groups is 1. The van der Waals surface area contributed by atoms with Crippen LogP contribution >= 0.6 is 0 Å². The molecule has 2 fully saturated rings. The molecule has 0 aliphatic carbocycles. The molecule has 0 aromatic heterocycles. The minimum atomic E-state index is -3.73. The summed E-state index contributed by atoms with van der Waals surface area (Å²) < 4.78 is 39.9. The average Bonchev–Trinajstić information content (AvgIpc) is 3.45. The van der Waals surface area contributed by atoms with E-state index in [9.17, 15) is 17.6 Å². The third kappa shape index (κ3) is 4.34. The standard InChI is InChI=1S/C22H26FN3O3S/c23-19-7-9-20(10-8-19)30(28,29)26-14-11-18(16-26)22(27)24-15-17-5-1-2-6-21(17)25-12-3-4-13-25/h1-2,5-10,18H,3-4,11-16H2,(H,24,27)/t18-/m1/s1. The fourth-order valence-electron chi connectivity index (χ4n) is 4.17. The molecule has 2 aromatic rings. The molecular weight excluding hydrogens is 405 g/mol. The summed E-state index contributed by atoms with van der Waals surface area (Å²) in [6.07, 6.45) is 2.84. The largest absolute Gasteiger partial charge is 0.371 e. The van der Waals surface area contributed by atoms with E-state index < -0.39 is 15.8 Å². The Kier molecular flexibility index (Phi) is 6.06. The minimum absolute atomic E-state index is 0.0458. The maximum atomic E-state index is 13.1. The molecule has 2 saturated heterocycles. The van der Waals surface area contributed by atoms with Crippen molar-refractivity contribution in [3.05, 3.63) is 59.9 Å². The molecule has 0 radical (unpaired) electrons. The van der Waals surface area contributed by atoms with Crippen molar-refractivity contribution < 1.29 is 17.6 Å². The summed E-state index contributed by atoms with van der Waals surface area (Å²) in [4.78, 5) is 15.1. The van der Waals surface area contributed by atoms with Gasteiger partial charge in [0.1, 0.15) is 5.82 Å². The number of halogens is 1. The van der Waals surface area contributed by atoms with Crippen molar-refractivity contribution in [3.63, 3.8) is 0 Å². The summed E-state index contributed by atoms with van der Waals surface area (Å²) in [6.45, 7) is 2.90. The maximum absolute atomic E-state index is 13.1. The third-order valence-electron chi connectivity index (χ3n) is 5.86. The lowest BCUT2D eigenvalue weighted by atomic mass is 10.1. The van der Waals surface area contributed by atoms with Crippen LogP contribution in [-0.2, 0) is 21.4 Å². The lowest BCUT2D eigenvalue weighted by molar-refractivity contribution is -0.124. The number of para-hydroxylation sites is 1. The van der Waals surface area contributed by atoms with Crippen molar-refractivity contribution in [2.24, 2.45) is 5.92 Å². The van der Waals surface area contributed by atoms with E-state index in [1.54, 1.807) is 0 Å². The first kappa shape index (κ1) is 20.8. The molecule has 6 nitrogen and oxygen atoms in total. The molecular formula is C22H26FN3O3S. The van der Waals surface area contributed by atoms with Gasteiger partial charge in [-0.15, -0.1) is 0 Å². The van der Waals surface area contributed by atoms with Gasteiger partial charge in [0.2, 0.25) is 15.9 Å². The normalized spacial score (nSPS) is 19.9. The van der Waals surface area contributed by atoms with Crippen LogP contribution in [-0.4, -0.2) is 44.8 Å². The van der Waals surface area contributed by atoms with Crippen molar-refractivity contribution in [1.29, 1.82) is 0 Å². The zero-order chi connectivity index (χ0) is 21.1. The van der Waals surface area contributed by atoms with Crippen LogP contribution in [0.25, 0.3) is 0 Å². The van der Waals surface area contributed by atoms with Crippen molar-refractivity contribution in [2.45, 2.75) is 30.7 Å². The van der Waals surface area contributed by atoms with E-state index in [1.807, 2.05) is 18.2 Å². The second-order valence-corrected chi connectivity index (χ2v) is 9.78. The van der Waals surface area contributed by atoms with Gasteiger partial charge in [0.25, 0.3) is 0 Å². The quantitative estimate of drug-likeness (QED) is 0.764. The van der Waals surface area contributed by atoms with Gasteiger partial charge < -0.3 is 10.2 Å². The predicted molar refractivity (Wildman–Crippen MR) is 113 cm³/mol. The third-order valence-corrected chi connectivity index (χ3v) is 7.74. The van der Waals surface area contributed by atoms with E-state index in [2.05, 4.69) is 16.3 Å². The van der Waals surface area contributed by atoms with Gasteiger partial charge in [-0.05, 0) is 55.2 Å². The van der Waals surface area contributed by atoms with Crippen LogP contribution < -0.4 is 10.2 Å². The Morgan fingerprint density at radius 3 is 2.47 bits per heavy atom. The highest BCUT2D eigenvalue weighted by Gasteiger charge is 2.35. The number of benzene rings is 2. The van der Waals surface area contributed by atoms with Crippen LogP contribution in [0.15, 0.2) is 53.4 Å². The molecule has 30 heavy (non-hydrogen) atoms. The van der Waals surface area contributed by atoms with Gasteiger partial charge in [-0.1, -0.05) is 18.2 Å². The van der Waals surface area contributed by atoms with Crippen LogP contribution in [0.5, 0.6) is 0 Å². The Morgan fingerprint density at radius 2 is 1.73 bits per heavy atom. The van der Waals surface area contributed by atoms with E-state index in [0.29, 0.717) is 13.0 Å². The van der Waals surface area contributed by atoms with Gasteiger partial charge in [0.05, 0.1) is 10.8 Å². The zero-order valence-corrected chi connectivity index (χ0v) is 17.6. The predicted octanol–water partition coefficient (Wildman–Crippen LogP) is 2.75. The molecule has 8 heteroatoms. The molecule has 4 rings (SSSR count). The van der Waals surface area contributed by atoms with E-state index in [-0.39, 0.29) is 29.8 Å². The highest BCUT2D eigenvalue weighted by Crippen LogP contribution is 2.26. The van der Waals surface area contributed by atoms with Crippen LogP contribution in [0.4, 0.5) is 10.1 Å². The van der Waals surface area contributed by atoms with Crippen LogP contribution in [0, 0.1) is 11.7 Å². The number of nitrogens with one attached hydrogen (secondary N) is 1. The first-order valence-corrected chi connectivity index (χ1v) is 11.8. The monoisotopic (exact) mass is 431 g/mol. The summed E-state index contributed by atoms with van der Waals surface area (Å²) in [5, 5.41) is 2.99. The maximum Gasteiger partial charge on any atom is 0.243 e. The molecule has 1 amide bonds. The molecule has 0 unspecified atom stereocenters. The summed E-state index contributed by atoms with van der Waals surface area (Å²) in [7, 11) is -3.73. The molecule has 160 valence electrons. The number of hydrogen-bond acceptors (Lipinski definition) is 4. The molecule has 1 N–H and O–H groups in total. The smallest absolute Gasteiger partial charge is 0.243 e. The Balaban J connectivity index is 1.37. The highest BCUT2D eigenvalue weighted by molar-refractivity contribution is 7.89. The SMILES string of the molecule is O=C(NCc1ccccc1N1CCCC1)[C@@H]1CCN(S(=O)(=O)c2ccc(F)cc2)C1. The number of carbonyl (C=O) groups excluding carboxylic acids is 1. The minimum Gasteiger partial charge on any atom is -0.371 e. The first-order valence-electron chi connectivity index (χ1n) is 10.3. The van der Waals surface area contributed by atoms with Crippen molar-refractivity contribution in [3.8, 4) is 0 Å². The molecule has 2 aliphatic rings. The van der Waals surface area contributed by atoms with Crippen LogP contribution in [0.1, 0.15) is 24.8 Å². The number of sulfonamides is 1. The van der Waals surface area contributed by atoms with Gasteiger partial charge >= 0.3 is 0 Å². The van der Waals surface area contributed by atoms with Gasteiger partial charge in [-0.25, -0.2) is 12.8 Å². The Hall–Kier alpha value is -2.45. The highest BCUT2D eigenvalue weighted by atomic mass is 32.2. The molecule has 1 atom stereocenters. The van der Waals surface area contributed by atoms with E-state index in [0.717, 1.165) is 36.5 Å². The van der Waals surface area contributed by atoms with Crippen LogP contribution in [0.3, 0.4) is 0 Å². The molecule has 0 saturated carbocycles. The number of amides is 1. The van der Waals surface area contributed by atoms with Crippen molar-refractivity contribution in [1.82, 2.24) is 9.62 Å². The lowest BCUT2D eigenvalue weighted by Gasteiger charge is -2.22. The van der Waals surface area contributed by atoms with E-state index in [4.69, 9.17) is 0 Å². The molecule has 2 aliphatic heterocycles. The van der Waals surface area contributed by atoms with Gasteiger partial charge in [-0.3, -0.25) is 4.79 Å². The molecule has 0 spiro atoms. The summed E-state index contributed by atoms with van der Waals surface area (Å²) in [5.41, 5.74) is 2.23. The summed E-state index contributed by atoms with van der Waals surface area (Å²) in [6, 6.07) is 12.9. The first-order chi connectivity index (χ1) is 14.4. The second kappa shape index (κ2) is 8.73. The lowest BCUT2D eigenvalue weighted by Crippen LogP contribution is -2.34. The Labute approximate surface area is 176 Å². The van der Waals surface area contributed by atoms with E-state index >= 15 is 0 Å². The summed E-state index contributed by atoms with van der Waals surface area (Å²) in [5.74, 6) is -1.01. The fourth-order valence-corrected chi connectivity index (χ4v) is 5.67. The average molecular weight is 432 g/mol. The van der Waals surface area contributed by atoms with Gasteiger partial charge in [-0.2, -0.15) is 4.31 Å². The number of anilines is 1. The number of rotatable bonds is 6. The second-order valence-electron chi connectivity index (χ2n) is 7.84. The Bertz CT molecular complexity index is 1000. The van der Waals surface area contributed by atoms with Gasteiger partial charge in [0, 0.05) is 38.4 Å². The molecule has 2 aromatic carbocycles. The zero-order valence-electron chi connectivity index (χ0n) is 16.8. The molecule has 0 bridgehead atoms. The van der Waals surface area contributed by atoms with Gasteiger partial charge in [0.15, 0.2) is 0 Å². The number of hydrogen-bond donors (Lipinski definition) is 1. The van der Waals surface area contributed by atoms with Crippen molar-refractivity contribution in [2.75, 3.05) is 31.1 Å². The Morgan fingerprint density at radius 1 is 1.03 bits per heavy atom.